The molecule has 0 aliphatic carbocycles. The van der Waals surface area contributed by atoms with Crippen molar-refractivity contribution in [2.45, 2.75) is 51.7 Å². The number of likely N-dealkylation sites (tertiary alicyclic amines) is 1. The van der Waals surface area contributed by atoms with Crippen LogP contribution in [0.3, 0.4) is 0 Å². The van der Waals surface area contributed by atoms with Gasteiger partial charge in [-0.25, -0.2) is 0 Å². The fourth-order valence-corrected chi connectivity index (χ4v) is 4.74. The number of nitrogens with zero attached hydrogens (tertiary/aromatic N) is 1. The zero-order valence-corrected chi connectivity index (χ0v) is 19.1. The Morgan fingerprint density at radius 2 is 2.06 bits per heavy atom. The number of aromatic hydroxyl groups is 1. The Hall–Kier alpha value is -2.14. The Morgan fingerprint density at radius 3 is 2.74 bits per heavy atom. The van der Waals surface area contributed by atoms with Gasteiger partial charge in [0, 0.05) is 25.1 Å². The highest BCUT2D eigenvalue weighted by Crippen LogP contribution is 2.40. The van der Waals surface area contributed by atoms with E-state index >= 15 is 0 Å². The molecule has 1 aromatic rings. The number of ether oxygens (including phenoxy) is 1. The molecule has 31 heavy (non-hydrogen) atoms. The van der Waals surface area contributed by atoms with E-state index in [0.29, 0.717) is 18.2 Å². The van der Waals surface area contributed by atoms with Crippen molar-refractivity contribution >= 4 is 0 Å². The first-order valence-electron chi connectivity index (χ1n) is 11.6. The average molecular weight is 423 g/mol. The molecule has 0 amide bonds. The Bertz CT molecular complexity index is 832. The summed E-state index contributed by atoms with van der Waals surface area (Å²) in [7, 11) is 0. The quantitative estimate of drug-likeness (QED) is 0.458. The topological polar surface area (TPSA) is 58.7 Å². The third-order valence-electron chi connectivity index (χ3n) is 6.60. The van der Waals surface area contributed by atoms with Crippen LogP contribution in [0.1, 0.15) is 49.0 Å². The van der Waals surface area contributed by atoms with Crippen molar-refractivity contribution in [1.29, 1.82) is 0 Å². The molecule has 3 N–H and O–H groups in total. The SMILES string of the molecule is C=C/C=C(/C=C/CN1CCC(C2Cc3c(ccc(C)c3O)C(CN)O2)CC1)C/C=C\C. The molecule has 2 aliphatic rings. The maximum atomic E-state index is 10.6. The summed E-state index contributed by atoms with van der Waals surface area (Å²) in [6, 6.07) is 4.03. The van der Waals surface area contributed by atoms with Crippen LogP contribution in [0.4, 0.5) is 0 Å². The molecular weight excluding hydrogens is 384 g/mol. The Labute approximate surface area is 187 Å². The van der Waals surface area contributed by atoms with Gasteiger partial charge in [0.15, 0.2) is 0 Å². The average Bonchev–Trinajstić information content (AvgIpc) is 2.79. The van der Waals surface area contributed by atoms with E-state index in [0.717, 1.165) is 62.0 Å². The first-order valence-corrected chi connectivity index (χ1v) is 11.6. The second-order valence-electron chi connectivity index (χ2n) is 8.69. The largest absolute Gasteiger partial charge is 0.507 e. The smallest absolute Gasteiger partial charge is 0.122 e. The summed E-state index contributed by atoms with van der Waals surface area (Å²) in [5, 5.41) is 10.6. The molecule has 2 atom stereocenters. The normalized spacial score (nSPS) is 23.5. The van der Waals surface area contributed by atoms with Crippen LogP contribution >= 0.6 is 0 Å². The van der Waals surface area contributed by atoms with Crippen LogP contribution in [0.25, 0.3) is 0 Å². The summed E-state index contributed by atoms with van der Waals surface area (Å²) >= 11 is 0. The number of fused-ring (bicyclic) bond motifs is 1. The number of piperidine rings is 1. The number of phenols is 1. The second kappa shape index (κ2) is 11.5. The molecule has 3 rings (SSSR count). The zero-order valence-electron chi connectivity index (χ0n) is 19.1. The first-order chi connectivity index (χ1) is 15.1. The van der Waals surface area contributed by atoms with Gasteiger partial charge in [-0.3, -0.25) is 4.90 Å². The predicted octanol–water partition coefficient (Wildman–Crippen LogP) is 4.99. The third-order valence-corrected chi connectivity index (χ3v) is 6.60. The summed E-state index contributed by atoms with van der Waals surface area (Å²) in [6.07, 6.45) is 16.6. The number of phenolic OH excluding ortho intramolecular Hbond substituents is 1. The van der Waals surface area contributed by atoms with Gasteiger partial charge >= 0.3 is 0 Å². The van der Waals surface area contributed by atoms with Gasteiger partial charge in [0.1, 0.15) is 5.75 Å². The number of allylic oxidation sites excluding steroid dienone is 6. The number of aryl methyl sites for hydroxylation is 1. The zero-order chi connectivity index (χ0) is 22.2. The van der Waals surface area contributed by atoms with E-state index in [1.165, 1.54) is 5.57 Å². The molecule has 0 saturated carbocycles. The van der Waals surface area contributed by atoms with Gasteiger partial charge in [0.25, 0.3) is 0 Å². The van der Waals surface area contributed by atoms with Crippen LogP contribution in [0.15, 0.2) is 60.7 Å². The van der Waals surface area contributed by atoms with Crippen LogP contribution in [0.2, 0.25) is 0 Å². The lowest BCUT2D eigenvalue weighted by Gasteiger charge is -2.40. The number of benzene rings is 1. The minimum Gasteiger partial charge on any atom is -0.507 e. The Morgan fingerprint density at radius 1 is 1.29 bits per heavy atom. The molecule has 1 fully saturated rings. The molecular formula is C27H38N2O2. The van der Waals surface area contributed by atoms with Gasteiger partial charge in [0.05, 0.1) is 12.2 Å². The van der Waals surface area contributed by atoms with Gasteiger partial charge in [-0.15, -0.1) is 0 Å². The minimum absolute atomic E-state index is 0.117. The van der Waals surface area contributed by atoms with Crippen molar-refractivity contribution in [3.8, 4) is 5.75 Å². The van der Waals surface area contributed by atoms with E-state index in [2.05, 4.69) is 47.9 Å². The lowest BCUT2D eigenvalue weighted by Crippen LogP contribution is -2.42. The summed E-state index contributed by atoms with van der Waals surface area (Å²) in [4.78, 5) is 2.51. The van der Waals surface area contributed by atoms with Gasteiger partial charge in [-0.2, -0.15) is 0 Å². The van der Waals surface area contributed by atoms with E-state index in [-0.39, 0.29) is 12.2 Å². The van der Waals surface area contributed by atoms with Crippen molar-refractivity contribution in [1.82, 2.24) is 4.90 Å². The molecule has 0 aromatic heterocycles. The molecule has 2 aliphatic heterocycles. The predicted molar refractivity (Wildman–Crippen MR) is 129 cm³/mol. The first kappa shape index (κ1) is 23.5. The number of hydrogen-bond acceptors (Lipinski definition) is 4. The highest BCUT2D eigenvalue weighted by atomic mass is 16.5. The number of nitrogens with two attached hydrogens (primary N) is 1. The van der Waals surface area contributed by atoms with Crippen LogP contribution in [-0.4, -0.2) is 42.3 Å². The number of hydrogen-bond donors (Lipinski definition) is 2. The van der Waals surface area contributed by atoms with Gasteiger partial charge < -0.3 is 15.6 Å². The Balaban J connectivity index is 1.56. The molecule has 4 heteroatoms. The molecule has 0 spiro atoms. The molecule has 4 nitrogen and oxygen atoms in total. The Kier molecular flexibility index (Phi) is 8.70. The van der Waals surface area contributed by atoms with Gasteiger partial charge in [-0.05, 0) is 68.8 Å². The molecule has 1 aromatic carbocycles. The van der Waals surface area contributed by atoms with Crippen LogP contribution in [0, 0.1) is 12.8 Å². The highest BCUT2D eigenvalue weighted by molar-refractivity contribution is 5.47. The van der Waals surface area contributed by atoms with Gasteiger partial charge in [-0.1, -0.05) is 55.2 Å². The summed E-state index contributed by atoms with van der Waals surface area (Å²) in [6.45, 7) is 11.4. The second-order valence-corrected chi connectivity index (χ2v) is 8.69. The summed E-state index contributed by atoms with van der Waals surface area (Å²) < 4.78 is 6.42. The van der Waals surface area contributed by atoms with E-state index < -0.39 is 0 Å². The minimum atomic E-state index is -0.117. The monoisotopic (exact) mass is 422 g/mol. The van der Waals surface area contributed by atoms with Crippen LogP contribution in [-0.2, 0) is 11.2 Å². The van der Waals surface area contributed by atoms with Crippen molar-refractivity contribution in [3.63, 3.8) is 0 Å². The molecule has 0 radical (unpaired) electrons. The molecule has 168 valence electrons. The molecule has 2 heterocycles. The van der Waals surface area contributed by atoms with E-state index in [1.54, 1.807) is 0 Å². The standard InChI is InChI=1S/C27H38N2O2/c1-4-6-9-21(8-5-2)10-7-15-29-16-13-22(14-17-29)25-18-24-23(26(19-28)31-25)12-11-20(3)27(24)30/h4-8,10-12,22,25-26,30H,2,9,13-19,28H2,1,3H3/b6-4-,10-7+,21-8+. The maximum absolute atomic E-state index is 10.6. The van der Waals surface area contributed by atoms with Crippen molar-refractivity contribution in [3.05, 3.63) is 77.4 Å². The summed E-state index contributed by atoms with van der Waals surface area (Å²) in [5.74, 6) is 0.932. The molecule has 1 saturated heterocycles. The van der Waals surface area contributed by atoms with Crippen LogP contribution < -0.4 is 5.73 Å². The lowest BCUT2D eigenvalue weighted by atomic mass is 9.83. The summed E-state index contributed by atoms with van der Waals surface area (Å²) in [5.41, 5.74) is 10.3. The van der Waals surface area contributed by atoms with Gasteiger partial charge in [0.2, 0.25) is 0 Å². The molecule has 2 unspecified atom stereocenters. The molecule has 0 bridgehead atoms. The lowest BCUT2D eigenvalue weighted by molar-refractivity contribution is -0.0641. The highest BCUT2D eigenvalue weighted by Gasteiger charge is 2.35. The van der Waals surface area contributed by atoms with E-state index in [9.17, 15) is 5.11 Å². The third kappa shape index (κ3) is 5.97. The van der Waals surface area contributed by atoms with Crippen LogP contribution in [0.5, 0.6) is 5.75 Å². The van der Waals surface area contributed by atoms with E-state index in [1.807, 2.05) is 26.0 Å². The van der Waals surface area contributed by atoms with Crippen molar-refractivity contribution in [2.24, 2.45) is 11.7 Å². The number of rotatable bonds is 8. The van der Waals surface area contributed by atoms with E-state index in [4.69, 9.17) is 10.5 Å². The maximum Gasteiger partial charge on any atom is 0.122 e. The van der Waals surface area contributed by atoms with Crippen molar-refractivity contribution < 1.29 is 9.84 Å². The van der Waals surface area contributed by atoms with Crippen molar-refractivity contribution in [2.75, 3.05) is 26.2 Å². The fraction of sp³-hybridized carbons (Fsp3) is 0.481. The fourth-order valence-electron chi connectivity index (χ4n) is 4.74.